The summed E-state index contributed by atoms with van der Waals surface area (Å²) in [6.07, 6.45) is 2.37. The Morgan fingerprint density at radius 2 is 1.71 bits per heavy atom. The van der Waals surface area contributed by atoms with Crippen LogP contribution >= 0.6 is 11.8 Å². The highest BCUT2D eigenvalue weighted by molar-refractivity contribution is 7.99. The molecule has 1 saturated heterocycles. The average Bonchev–Trinajstić information content (AvgIpc) is 2.73. The Balaban J connectivity index is 1.72. The fraction of sp³-hybridized carbons (Fsp3) is 0.435. The molecule has 2 aromatic carbocycles. The fourth-order valence-electron chi connectivity index (χ4n) is 4.30. The molecular weight excluding hydrogens is 364 g/mol. The molecule has 4 nitrogen and oxygen atoms in total. The molecule has 4 rings (SSSR count). The molecular formula is C23H30N4S. The van der Waals surface area contributed by atoms with E-state index in [4.69, 9.17) is 5.41 Å². The first kappa shape index (κ1) is 19.3. The second kappa shape index (κ2) is 8.18. The first-order valence-electron chi connectivity index (χ1n) is 10.3. The number of para-hydroxylation sites is 1. The number of hydrogen-bond donors (Lipinski definition) is 1. The van der Waals surface area contributed by atoms with Crippen LogP contribution in [-0.2, 0) is 0 Å². The molecule has 28 heavy (non-hydrogen) atoms. The SMILES string of the molecule is CCN(CC)C(=N)c1ccc2c(c1)Sc1ccccc1N2C1CCN(C)CC1. The summed E-state index contributed by atoms with van der Waals surface area (Å²) >= 11 is 1.84. The van der Waals surface area contributed by atoms with Gasteiger partial charge in [-0.15, -0.1) is 0 Å². The third kappa shape index (κ3) is 3.53. The van der Waals surface area contributed by atoms with E-state index in [9.17, 15) is 0 Å². The third-order valence-electron chi connectivity index (χ3n) is 5.97. The highest BCUT2D eigenvalue weighted by atomic mass is 32.2. The largest absolute Gasteiger partial charge is 0.357 e. The summed E-state index contributed by atoms with van der Waals surface area (Å²) in [4.78, 5) is 9.69. The van der Waals surface area contributed by atoms with Crippen LogP contribution in [0.5, 0.6) is 0 Å². The van der Waals surface area contributed by atoms with Crippen molar-refractivity contribution in [3.05, 3.63) is 48.0 Å². The van der Waals surface area contributed by atoms with Gasteiger partial charge in [0.25, 0.3) is 0 Å². The van der Waals surface area contributed by atoms with E-state index < -0.39 is 0 Å². The molecule has 148 valence electrons. The van der Waals surface area contributed by atoms with Gasteiger partial charge < -0.3 is 14.7 Å². The lowest BCUT2D eigenvalue weighted by molar-refractivity contribution is 0.255. The van der Waals surface area contributed by atoms with Gasteiger partial charge in [-0.1, -0.05) is 23.9 Å². The van der Waals surface area contributed by atoms with Crippen molar-refractivity contribution in [3.8, 4) is 0 Å². The Labute approximate surface area is 173 Å². The predicted octanol–water partition coefficient (Wildman–Crippen LogP) is 5.05. The van der Waals surface area contributed by atoms with Gasteiger partial charge in [0.2, 0.25) is 0 Å². The van der Waals surface area contributed by atoms with Crippen LogP contribution in [0.1, 0.15) is 32.3 Å². The third-order valence-corrected chi connectivity index (χ3v) is 7.08. The molecule has 0 bridgehead atoms. The van der Waals surface area contributed by atoms with Crippen molar-refractivity contribution < 1.29 is 0 Å². The van der Waals surface area contributed by atoms with E-state index in [1.54, 1.807) is 0 Å². The minimum atomic E-state index is 0.532. The van der Waals surface area contributed by atoms with Crippen LogP contribution in [0.15, 0.2) is 52.3 Å². The first-order valence-corrected chi connectivity index (χ1v) is 11.2. The van der Waals surface area contributed by atoms with Crippen molar-refractivity contribution in [3.63, 3.8) is 0 Å². The minimum Gasteiger partial charge on any atom is -0.357 e. The molecule has 2 aromatic rings. The lowest BCUT2D eigenvalue weighted by Crippen LogP contribution is -2.42. The molecule has 1 fully saturated rings. The van der Waals surface area contributed by atoms with Gasteiger partial charge in [0.15, 0.2) is 0 Å². The standard InChI is InChI=1S/C23H30N4S/c1-4-26(5-2)23(24)17-10-11-20-22(16-17)28-21-9-7-6-8-19(21)27(20)18-12-14-25(3)15-13-18/h6-11,16,18,24H,4-5,12-15H2,1-3H3. The smallest absolute Gasteiger partial charge is 0.128 e. The minimum absolute atomic E-state index is 0.532. The quantitative estimate of drug-likeness (QED) is 0.581. The molecule has 0 spiro atoms. The molecule has 2 heterocycles. The number of piperidine rings is 1. The van der Waals surface area contributed by atoms with Crippen molar-refractivity contribution in [2.75, 3.05) is 38.1 Å². The molecule has 1 N–H and O–H groups in total. The number of benzene rings is 2. The summed E-state index contributed by atoms with van der Waals surface area (Å²) in [5.41, 5.74) is 3.65. The van der Waals surface area contributed by atoms with Gasteiger partial charge in [0, 0.05) is 34.5 Å². The van der Waals surface area contributed by atoms with Crippen molar-refractivity contribution in [1.29, 1.82) is 5.41 Å². The van der Waals surface area contributed by atoms with Gasteiger partial charge in [-0.2, -0.15) is 0 Å². The Morgan fingerprint density at radius 3 is 2.43 bits per heavy atom. The number of nitrogens with zero attached hydrogens (tertiary/aromatic N) is 3. The summed E-state index contributed by atoms with van der Waals surface area (Å²) in [7, 11) is 2.22. The van der Waals surface area contributed by atoms with Gasteiger partial charge in [-0.25, -0.2) is 0 Å². The van der Waals surface area contributed by atoms with E-state index in [2.05, 4.69) is 78.1 Å². The first-order chi connectivity index (χ1) is 13.6. The number of fused-ring (bicyclic) bond motifs is 2. The molecule has 2 aliphatic heterocycles. The second-order valence-corrected chi connectivity index (χ2v) is 8.76. The average molecular weight is 395 g/mol. The zero-order chi connectivity index (χ0) is 19.7. The van der Waals surface area contributed by atoms with Crippen LogP contribution in [0.4, 0.5) is 11.4 Å². The number of nitrogens with one attached hydrogen (secondary N) is 1. The molecule has 0 aromatic heterocycles. The van der Waals surface area contributed by atoms with Crippen molar-refractivity contribution >= 4 is 29.0 Å². The molecule has 0 radical (unpaired) electrons. The Bertz CT molecular complexity index is 853. The highest BCUT2D eigenvalue weighted by Crippen LogP contribution is 2.50. The van der Waals surface area contributed by atoms with Gasteiger partial charge in [-0.3, -0.25) is 5.41 Å². The molecule has 0 unspecified atom stereocenters. The highest BCUT2D eigenvalue weighted by Gasteiger charge is 2.31. The zero-order valence-electron chi connectivity index (χ0n) is 17.1. The van der Waals surface area contributed by atoms with Crippen LogP contribution in [0.2, 0.25) is 0 Å². The van der Waals surface area contributed by atoms with Crippen LogP contribution < -0.4 is 4.90 Å². The van der Waals surface area contributed by atoms with E-state index in [0.29, 0.717) is 11.9 Å². The van der Waals surface area contributed by atoms with Gasteiger partial charge in [0.05, 0.1) is 11.4 Å². The Morgan fingerprint density at radius 1 is 1.04 bits per heavy atom. The number of hydrogen-bond acceptors (Lipinski definition) is 4. The topological polar surface area (TPSA) is 33.6 Å². The fourth-order valence-corrected chi connectivity index (χ4v) is 5.41. The summed E-state index contributed by atoms with van der Waals surface area (Å²) in [6.45, 7) is 8.26. The predicted molar refractivity (Wildman–Crippen MR) is 119 cm³/mol. The van der Waals surface area contributed by atoms with Crippen molar-refractivity contribution in [2.45, 2.75) is 42.5 Å². The second-order valence-electron chi connectivity index (χ2n) is 7.68. The summed E-state index contributed by atoms with van der Waals surface area (Å²) in [5, 5.41) is 8.62. The van der Waals surface area contributed by atoms with Crippen LogP contribution in [-0.4, -0.2) is 54.9 Å². The van der Waals surface area contributed by atoms with Gasteiger partial charge >= 0.3 is 0 Å². The normalized spacial score (nSPS) is 17.2. The number of amidine groups is 1. The Kier molecular flexibility index (Phi) is 5.65. The van der Waals surface area contributed by atoms with Gasteiger partial charge in [-0.05, 0) is 77.2 Å². The summed E-state index contributed by atoms with van der Waals surface area (Å²) < 4.78 is 0. The van der Waals surface area contributed by atoms with E-state index in [1.807, 2.05) is 11.8 Å². The van der Waals surface area contributed by atoms with Crippen LogP contribution in [0.3, 0.4) is 0 Å². The lowest BCUT2D eigenvalue weighted by Gasteiger charge is -2.42. The number of likely N-dealkylation sites (tertiary alicyclic amines) is 1. The molecule has 2 aliphatic rings. The molecule has 0 amide bonds. The zero-order valence-corrected chi connectivity index (χ0v) is 17.9. The molecule has 0 aliphatic carbocycles. The number of rotatable bonds is 4. The van der Waals surface area contributed by atoms with Crippen molar-refractivity contribution in [2.24, 2.45) is 0 Å². The monoisotopic (exact) mass is 394 g/mol. The van der Waals surface area contributed by atoms with E-state index in [-0.39, 0.29) is 0 Å². The Hall–Kier alpha value is -1.98. The van der Waals surface area contributed by atoms with Crippen molar-refractivity contribution in [1.82, 2.24) is 9.80 Å². The summed E-state index contributed by atoms with van der Waals surface area (Å²) in [6, 6.07) is 15.9. The maximum atomic E-state index is 8.62. The lowest BCUT2D eigenvalue weighted by atomic mass is 10.0. The summed E-state index contributed by atoms with van der Waals surface area (Å²) in [5.74, 6) is 0.623. The van der Waals surface area contributed by atoms with E-state index >= 15 is 0 Å². The maximum absolute atomic E-state index is 8.62. The van der Waals surface area contributed by atoms with Gasteiger partial charge in [0.1, 0.15) is 5.84 Å². The maximum Gasteiger partial charge on any atom is 0.128 e. The van der Waals surface area contributed by atoms with Crippen LogP contribution in [0.25, 0.3) is 0 Å². The van der Waals surface area contributed by atoms with Crippen LogP contribution in [0, 0.1) is 5.41 Å². The molecule has 0 atom stereocenters. The molecule has 5 heteroatoms. The van der Waals surface area contributed by atoms with E-state index in [0.717, 1.165) is 31.7 Å². The van der Waals surface area contributed by atoms with E-state index in [1.165, 1.54) is 34.0 Å². The number of anilines is 2. The molecule has 0 saturated carbocycles.